The molecule has 4 N–H and O–H groups in total. The van der Waals surface area contributed by atoms with Crippen LogP contribution in [0.3, 0.4) is 0 Å². The first-order valence-electron chi connectivity index (χ1n) is 4.11. The van der Waals surface area contributed by atoms with Crippen LogP contribution >= 0.6 is 0 Å². The molecule has 1 aromatic heterocycles. The Balaban J connectivity index is 0.000000561. The smallest absolute Gasteiger partial charge is 0.221 e. The fourth-order valence-electron chi connectivity index (χ4n) is 0.707. The monoisotopic (exact) mass is 168 g/mol. The molecule has 1 aromatic rings. The molecule has 0 bridgehead atoms. The summed E-state index contributed by atoms with van der Waals surface area (Å²) in [5.41, 5.74) is 11.7. The van der Waals surface area contributed by atoms with Crippen LogP contribution in [0.15, 0.2) is 6.20 Å². The molecule has 0 saturated heterocycles. The molecule has 1 heterocycles. The summed E-state index contributed by atoms with van der Waals surface area (Å²) in [5.74, 6) is 0.713. The first kappa shape index (κ1) is 10.7. The summed E-state index contributed by atoms with van der Waals surface area (Å²) in [6, 6.07) is 0. The summed E-state index contributed by atoms with van der Waals surface area (Å²) in [4.78, 5) is 7.59. The highest BCUT2D eigenvalue weighted by Gasteiger charge is 1.97. The van der Waals surface area contributed by atoms with E-state index in [0.717, 1.165) is 12.0 Å². The Labute approximate surface area is 73.0 Å². The van der Waals surface area contributed by atoms with Gasteiger partial charge >= 0.3 is 0 Å². The maximum Gasteiger partial charge on any atom is 0.221 e. The molecule has 1 rings (SSSR count). The average molecular weight is 168 g/mol. The summed E-state index contributed by atoms with van der Waals surface area (Å²) in [6.07, 6.45) is 2.49. The lowest BCUT2D eigenvalue weighted by Gasteiger charge is -1.99. The molecule has 0 unspecified atom stereocenters. The van der Waals surface area contributed by atoms with Crippen LogP contribution in [0.4, 0.5) is 11.8 Å². The van der Waals surface area contributed by atoms with Gasteiger partial charge < -0.3 is 11.5 Å². The first-order valence-corrected chi connectivity index (χ1v) is 4.11. The second-order valence-corrected chi connectivity index (χ2v) is 1.99. The summed E-state index contributed by atoms with van der Waals surface area (Å²) in [6.45, 7) is 5.99. The topological polar surface area (TPSA) is 77.8 Å². The van der Waals surface area contributed by atoms with Crippen LogP contribution in [0, 0.1) is 0 Å². The van der Waals surface area contributed by atoms with Crippen molar-refractivity contribution in [2.24, 2.45) is 0 Å². The van der Waals surface area contributed by atoms with Gasteiger partial charge in [0, 0.05) is 11.8 Å². The Morgan fingerprint density at radius 1 is 1.33 bits per heavy atom. The van der Waals surface area contributed by atoms with Gasteiger partial charge in [-0.3, -0.25) is 0 Å². The Hall–Kier alpha value is -1.32. The molecular formula is C8H16N4. The molecule has 12 heavy (non-hydrogen) atoms. The fraction of sp³-hybridized carbons (Fsp3) is 0.500. The Kier molecular flexibility index (Phi) is 4.76. The highest BCUT2D eigenvalue weighted by molar-refractivity contribution is 5.40. The maximum absolute atomic E-state index is 5.50. The summed E-state index contributed by atoms with van der Waals surface area (Å²) < 4.78 is 0. The second kappa shape index (κ2) is 5.35. The Bertz CT molecular complexity index is 234. The number of aryl methyl sites for hydroxylation is 1. The van der Waals surface area contributed by atoms with Gasteiger partial charge in [0.1, 0.15) is 5.82 Å². The maximum atomic E-state index is 5.50. The van der Waals surface area contributed by atoms with Crippen LogP contribution < -0.4 is 11.5 Å². The minimum absolute atomic E-state index is 0.231. The van der Waals surface area contributed by atoms with Crippen molar-refractivity contribution in [3.8, 4) is 0 Å². The predicted octanol–water partition coefficient (Wildman–Crippen LogP) is 1.23. The van der Waals surface area contributed by atoms with Crippen LogP contribution in [0.5, 0.6) is 0 Å². The van der Waals surface area contributed by atoms with Crippen molar-refractivity contribution in [3.63, 3.8) is 0 Å². The fourth-order valence-corrected chi connectivity index (χ4v) is 0.707. The second-order valence-electron chi connectivity index (χ2n) is 1.99. The summed E-state index contributed by atoms with van der Waals surface area (Å²) >= 11 is 0. The van der Waals surface area contributed by atoms with E-state index >= 15 is 0 Å². The lowest BCUT2D eigenvalue weighted by molar-refractivity contribution is 1.06. The van der Waals surface area contributed by atoms with Gasteiger partial charge in [-0.2, -0.15) is 4.98 Å². The number of aromatic nitrogens is 2. The van der Waals surface area contributed by atoms with Crippen LogP contribution in [0.1, 0.15) is 26.3 Å². The third kappa shape index (κ3) is 2.74. The molecule has 0 aromatic carbocycles. The SMILES string of the molecule is CC.CCc1cnc(N)nc1N. The van der Waals surface area contributed by atoms with E-state index < -0.39 is 0 Å². The van der Waals surface area contributed by atoms with Crippen LogP contribution in [0.25, 0.3) is 0 Å². The van der Waals surface area contributed by atoms with E-state index in [2.05, 4.69) is 9.97 Å². The molecule has 4 nitrogen and oxygen atoms in total. The Morgan fingerprint density at radius 3 is 2.33 bits per heavy atom. The van der Waals surface area contributed by atoms with Crippen LogP contribution in [0.2, 0.25) is 0 Å². The van der Waals surface area contributed by atoms with E-state index in [4.69, 9.17) is 11.5 Å². The molecule has 0 aliphatic carbocycles. The zero-order chi connectivity index (χ0) is 9.56. The van der Waals surface area contributed by atoms with E-state index in [9.17, 15) is 0 Å². The third-order valence-electron chi connectivity index (χ3n) is 1.30. The summed E-state index contributed by atoms with van der Waals surface area (Å²) in [7, 11) is 0. The van der Waals surface area contributed by atoms with E-state index in [-0.39, 0.29) is 5.95 Å². The van der Waals surface area contributed by atoms with Gasteiger partial charge in [-0.25, -0.2) is 4.98 Å². The minimum atomic E-state index is 0.231. The van der Waals surface area contributed by atoms with Crippen LogP contribution in [-0.2, 0) is 6.42 Å². The average Bonchev–Trinajstić information content (AvgIpc) is 2.08. The molecule has 0 fully saturated rings. The number of hydrogen-bond donors (Lipinski definition) is 2. The molecule has 68 valence electrons. The van der Waals surface area contributed by atoms with Gasteiger partial charge in [-0.15, -0.1) is 0 Å². The van der Waals surface area contributed by atoms with Gasteiger partial charge in [-0.1, -0.05) is 20.8 Å². The van der Waals surface area contributed by atoms with E-state index in [1.807, 2.05) is 20.8 Å². The molecule has 0 radical (unpaired) electrons. The van der Waals surface area contributed by atoms with Crippen molar-refractivity contribution >= 4 is 11.8 Å². The largest absolute Gasteiger partial charge is 0.383 e. The quantitative estimate of drug-likeness (QED) is 0.661. The predicted molar refractivity (Wildman–Crippen MR) is 51.6 cm³/mol. The zero-order valence-corrected chi connectivity index (χ0v) is 7.83. The normalized spacial score (nSPS) is 8.58. The molecule has 0 spiro atoms. The third-order valence-corrected chi connectivity index (χ3v) is 1.30. The molecule has 0 atom stereocenters. The summed E-state index contributed by atoms with van der Waals surface area (Å²) in [5, 5.41) is 0. The number of hydrogen-bond acceptors (Lipinski definition) is 4. The van der Waals surface area contributed by atoms with Crippen molar-refractivity contribution in [2.45, 2.75) is 27.2 Å². The lowest BCUT2D eigenvalue weighted by Crippen LogP contribution is -2.02. The first-order chi connectivity index (χ1) is 5.74. The van der Waals surface area contributed by atoms with Gasteiger partial charge in [0.15, 0.2) is 0 Å². The number of rotatable bonds is 1. The van der Waals surface area contributed by atoms with Crippen molar-refractivity contribution < 1.29 is 0 Å². The van der Waals surface area contributed by atoms with Gasteiger partial charge in [-0.05, 0) is 6.42 Å². The van der Waals surface area contributed by atoms with Crippen LogP contribution in [-0.4, -0.2) is 9.97 Å². The van der Waals surface area contributed by atoms with Crippen molar-refractivity contribution in [3.05, 3.63) is 11.8 Å². The number of nitrogens with zero attached hydrogens (tertiary/aromatic N) is 2. The number of nitrogens with two attached hydrogens (primary N) is 2. The highest BCUT2D eigenvalue weighted by atomic mass is 15.0. The van der Waals surface area contributed by atoms with Gasteiger partial charge in [0.05, 0.1) is 0 Å². The van der Waals surface area contributed by atoms with Crippen molar-refractivity contribution in [1.29, 1.82) is 0 Å². The zero-order valence-electron chi connectivity index (χ0n) is 7.83. The van der Waals surface area contributed by atoms with E-state index in [1.54, 1.807) is 6.20 Å². The molecule has 0 amide bonds. The number of nitrogen functional groups attached to an aromatic ring is 2. The lowest BCUT2D eigenvalue weighted by atomic mass is 10.2. The van der Waals surface area contributed by atoms with Crippen molar-refractivity contribution in [2.75, 3.05) is 11.5 Å². The molecule has 0 aliphatic heterocycles. The number of anilines is 2. The molecule has 0 aliphatic rings. The molecule has 0 saturated carbocycles. The minimum Gasteiger partial charge on any atom is -0.383 e. The van der Waals surface area contributed by atoms with E-state index in [1.165, 1.54) is 0 Å². The van der Waals surface area contributed by atoms with Gasteiger partial charge in [0.2, 0.25) is 5.95 Å². The van der Waals surface area contributed by atoms with Gasteiger partial charge in [0.25, 0.3) is 0 Å². The standard InChI is InChI=1S/C6H10N4.C2H6/c1-2-4-3-9-6(8)10-5(4)7;1-2/h3H,2H2,1H3,(H4,7,8,9,10);1-2H3. The van der Waals surface area contributed by atoms with Crippen molar-refractivity contribution in [1.82, 2.24) is 9.97 Å². The highest BCUT2D eigenvalue weighted by Crippen LogP contribution is 2.07. The van der Waals surface area contributed by atoms with E-state index in [0.29, 0.717) is 5.82 Å². The molecular weight excluding hydrogens is 152 g/mol. The Morgan fingerprint density at radius 2 is 1.92 bits per heavy atom. The molecule has 4 heteroatoms.